The summed E-state index contributed by atoms with van der Waals surface area (Å²) in [6.45, 7) is 3.69. The summed E-state index contributed by atoms with van der Waals surface area (Å²) in [7, 11) is 2.99. The first-order valence-electron chi connectivity index (χ1n) is 14.4. The first-order valence-corrected chi connectivity index (χ1v) is 14.4. The fourth-order valence-electron chi connectivity index (χ4n) is 6.33. The van der Waals surface area contributed by atoms with E-state index in [0.717, 1.165) is 27.8 Å². The molecular weight excluding hydrogens is 601 g/mol. The van der Waals surface area contributed by atoms with Crippen LogP contribution in [0, 0.1) is 0 Å². The van der Waals surface area contributed by atoms with E-state index in [9.17, 15) is 22.8 Å². The van der Waals surface area contributed by atoms with Crippen molar-refractivity contribution in [1.29, 1.82) is 0 Å². The predicted octanol–water partition coefficient (Wildman–Crippen LogP) is 7.10. The zero-order valence-electron chi connectivity index (χ0n) is 25.3. The monoisotopic (exact) mass is 630 g/mol. The van der Waals surface area contributed by atoms with Gasteiger partial charge in [0, 0.05) is 34.7 Å². The first kappa shape index (κ1) is 30.6. The first-order chi connectivity index (χ1) is 22.0. The lowest BCUT2D eigenvalue weighted by molar-refractivity contribution is -0.274. The minimum Gasteiger partial charge on any atom is -0.481 e. The third-order valence-electron chi connectivity index (χ3n) is 8.57. The van der Waals surface area contributed by atoms with E-state index in [1.807, 2.05) is 62.4 Å². The van der Waals surface area contributed by atoms with Crippen molar-refractivity contribution in [1.82, 2.24) is 15.3 Å². The largest absolute Gasteiger partial charge is 0.573 e. The van der Waals surface area contributed by atoms with Crippen LogP contribution in [0.5, 0.6) is 17.5 Å². The van der Waals surface area contributed by atoms with Crippen molar-refractivity contribution in [3.8, 4) is 17.5 Å². The predicted molar refractivity (Wildman–Crippen MR) is 165 cm³/mol. The summed E-state index contributed by atoms with van der Waals surface area (Å²) in [5.74, 6) is -1.79. The van der Waals surface area contributed by atoms with E-state index in [1.54, 1.807) is 12.1 Å². The number of hydrogen-bond acceptors (Lipinski definition) is 7. The number of alkyl halides is 3. The van der Waals surface area contributed by atoms with Crippen LogP contribution in [-0.4, -0.2) is 48.0 Å². The molecule has 2 atom stereocenters. The number of ether oxygens (including phenoxy) is 3. The summed E-state index contributed by atoms with van der Waals surface area (Å²) in [6, 6.07) is 22.2. The number of nitrogens with zero attached hydrogens (tertiary/aromatic N) is 3. The van der Waals surface area contributed by atoms with E-state index >= 15 is 0 Å². The molecule has 2 unspecified atom stereocenters. The molecule has 0 saturated carbocycles. The van der Waals surface area contributed by atoms with Gasteiger partial charge in [0.25, 0.3) is 5.91 Å². The maximum atomic E-state index is 14.9. The van der Waals surface area contributed by atoms with Gasteiger partial charge in [0.2, 0.25) is 11.8 Å². The molecule has 1 fully saturated rings. The van der Waals surface area contributed by atoms with Crippen molar-refractivity contribution in [2.75, 3.05) is 19.1 Å². The number of benzene rings is 3. The number of para-hydroxylation sites is 2. The smallest absolute Gasteiger partial charge is 0.481 e. The number of urea groups is 1. The molecule has 9 nitrogen and oxygen atoms in total. The third kappa shape index (κ3) is 5.19. The van der Waals surface area contributed by atoms with Gasteiger partial charge in [-0.15, -0.1) is 13.2 Å². The Morgan fingerprint density at radius 3 is 1.70 bits per heavy atom. The van der Waals surface area contributed by atoms with Crippen molar-refractivity contribution >= 4 is 39.4 Å². The molecule has 2 aromatic heterocycles. The number of fused-ring (bicyclic) bond motifs is 2. The van der Waals surface area contributed by atoms with Gasteiger partial charge in [0.1, 0.15) is 11.3 Å². The minimum absolute atomic E-state index is 0.0765. The molecule has 3 amide bonds. The lowest BCUT2D eigenvalue weighted by atomic mass is 9.68. The number of carbonyl (C=O) groups excluding carboxylic acids is 2. The van der Waals surface area contributed by atoms with Crippen LogP contribution in [0.1, 0.15) is 36.8 Å². The summed E-state index contributed by atoms with van der Waals surface area (Å²) < 4.78 is 53.5. The Hall–Kier alpha value is -5.39. The molecule has 1 aliphatic heterocycles. The zero-order valence-corrected chi connectivity index (χ0v) is 25.3. The van der Waals surface area contributed by atoms with E-state index in [4.69, 9.17) is 9.47 Å². The van der Waals surface area contributed by atoms with Crippen molar-refractivity contribution < 1.29 is 37.0 Å². The van der Waals surface area contributed by atoms with Crippen LogP contribution in [0.15, 0.2) is 84.9 Å². The molecule has 0 spiro atoms. The summed E-state index contributed by atoms with van der Waals surface area (Å²) in [6.07, 6.45) is -4.90. The summed E-state index contributed by atoms with van der Waals surface area (Å²) in [5, 5.41) is 4.54. The molecule has 3 heterocycles. The van der Waals surface area contributed by atoms with Crippen LogP contribution >= 0.6 is 0 Å². The lowest BCUT2D eigenvalue weighted by Gasteiger charge is -2.39. The van der Waals surface area contributed by atoms with E-state index in [0.29, 0.717) is 33.9 Å². The number of imide groups is 1. The normalized spacial score (nSPS) is 18.0. The number of methoxy groups -OCH3 is 2. The van der Waals surface area contributed by atoms with E-state index in [-0.39, 0.29) is 5.69 Å². The van der Waals surface area contributed by atoms with Crippen molar-refractivity contribution in [2.24, 2.45) is 0 Å². The van der Waals surface area contributed by atoms with Crippen LogP contribution in [0.3, 0.4) is 0 Å². The molecule has 0 bridgehead atoms. The highest BCUT2D eigenvalue weighted by atomic mass is 19.4. The second kappa shape index (κ2) is 11.5. The van der Waals surface area contributed by atoms with Gasteiger partial charge in [-0.1, -0.05) is 50.2 Å². The number of aromatic nitrogens is 2. The third-order valence-corrected chi connectivity index (χ3v) is 8.57. The van der Waals surface area contributed by atoms with Crippen LogP contribution in [-0.2, 0) is 4.79 Å². The molecule has 1 N–H and O–H groups in total. The molecule has 12 heteroatoms. The Morgan fingerprint density at radius 2 is 1.24 bits per heavy atom. The Labute approximate surface area is 261 Å². The van der Waals surface area contributed by atoms with Gasteiger partial charge in [0.15, 0.2) is 0 Å². The van der Waals surface area contributed by atoms with Gasteiger partial charge < -0.3 is 19.5 Å². The average Bonchev–Trinajstić information content (AvgIpc) is 3.32. The van der Waals surface area contributed by atoms with Crippen LogP contribution < -0.4 is 24.4 Å². The number of amides is 3. The Morgan fingerprint density at radius 1 is 0.761 bits per heavy atom. The van der Waals surface area contributed by atoms with Gasteiger partial charge in [-0.3, -0.25) is 4.79 Å². The van der Waals surface area contributed by atoms with Gasteiger partial charge >= 0.3 is 12.4 Å². The van der Waals surface area contributed by atoms with Crippen molar-refractivity contribution in [3.05, 3.63) is 96.1 Å². The summed E-state index contributed by atoms with van der Waals surface area (Å²) in [4.78, 5) is 38.8. The second-order valence-electron chi connectivity index (χ2n) is 11.0. The fourth-order valence-corrected chi connectivity index (χ4v) is 6.33. The number of carbonyl (C=O) groups is 2. The highest BCUT2D eigenvalue weighted by Gasteiger charge is 2.59. The number of hydrogen-bond donors (Lipinski definition) is 1. The molecule has 1 saturated heterocycles. The fraction of sp³-hybridized carbons (Fsp3) is 0.235. The molecule has 1 aliphatic rings. The van der Waals surface area contributed by atoms with Crippen LogP contribution in [0.4, 0.5) is 23.7 Å². The Balaban J connectivity index is 1.55. The molecular formula is C34H29F3N4O5. The average molecular weight is 631 g/mol. The van der Waals surface area contributed by atoms with Crippen molar-refractivity contribution in [2.45, 2.75) is 37.6 Å². The summed E-state index contributed by atoms with van der Waals surface area (Å²) in [5.41, 5.74) is 1.14. The summed E-state index contributed by atoms with van der Waals surface area (Å²) >= 11 is 0. The van der Waals surface area contributed by atoms with Crippen LogP contribution in [0.2, 0.25) is 0 Å². The Bertz CT molecular complexity index is 1870. The van der Waals surface area contributed by atoms with Gasteiger partial charge in [-0.05, 0) is 47.5 Å². The van der Waals surface area contributed by atoms with Gasteiger partial charge in [-0.2, -0.15) is 0 Å². The van der Waals surface area contributed by atoms with E-state index in [2.05, 4.69) is 20.0 Å². The second-order valence-corrected chi connectivity index (χ2v) is 11.0. The topological polar surface area (TPSA) is 103 Å². The molecule has 0 radical (unpaired) electrons. The number of anilines is 1. The van der Waals surface area contributed by atoms with E-state index in [1.165, 1.54) is 26.4 Å². The Kier molecular flexibility index (Phi) is 7.67. The minimum atomic E-state index is -4.90. The number of nitrogens with one attached hydrogen (secondary N) is 1. The van der Waals surface area contributed by atoms with E-state index < -0.39 is 41.4 Å². The quantitative estimate of drug-likeness (QED) is 0.183. The van der Waals surface area contributed by atoms with Crippen molar-refractivity contribution in [3.63, 3.8) is 0 Å². The molecule has 0 aliphatic carbocycles. The maximum Gasteiger partial charge on any atom is 0.573 e. The number of pyridine rings is 2. The SMILES string of the molecule is COc1cc(C(C)C2(C(C)c3cc(OC)nc4ccccc34)NC(=O)N(c3ccc(OC(F)(F)F)cc3)C2=O)c2ccccc2n1. The maximum absolute atomic E-state index is 14.9. The zero-order chi connectivity index (χ0) is 32.8. The van der Waals surface area contributed by atoms with Gasteiger partial charge in [0.05, 0.1) is 30.9 Å². The molecule has 6 rings (SSSR count). The van der Waals surface area contributed by atoms with Gasteiger partial charge in [-0.25, -0.2) is 19.7 Å². The number of halogens is 3. The number of rotatable bonds is 8. The molecule has 46 heavy (non-hydrogen) atoms. The highest BCUT2D eigenvalue weighted by molar-refractivity contribution is 6.24. The molecule has 3 aromatic carbocycles. The molecule has 5 aromatic rings. The lowest BCUT2D eigenvalue weighted by Crippen LogP contribution is -2.55. The standard InChI is InChI=1S/C34H29F3N4O5/c1-19(25-17-29(44-3)38-27-11-7-5-9-23(25)27)33(20(2)26-18-30(45-4)39-28-12-8-6-10-24(26)28)31(42)41(32(43)40-33)21-13-15-22(16-14-21)46-34(35,36)37/h5-20H,1-4H3,(H,40,43). The molecule has 236 valence electrons. The highest BCUT2D eigenvalue weighted by Crippen LogP contribution is 2.48. The van der Waals surface area contributed by atoms with Crippen LogP contribution in [0.25, 0.3) is 21.8 Å².